The molecule has 0 saturated carbocycles. The topological polar surface area (TPSA) is 37.3 Å². The third-order valence-corrected chi connectivity index (χ3v) is 2.94. The summed E-state index contributed by atoms with van der Waals surface area (Å²) in [6.07, 6.45) is -2.50. The molecule has 114 valence electrons. The van der Waals surface area contributed by atoms with Crippen LogP contribution < -0.4 is 0 Å². The number of alkyl halides is 3. The second-order valence-electron chi connectivity index (χ2n) is 4.48. The van der Waals surface area contributed by atoms with Crippen LogP contribution in [0.15, 0.2) is 48.5 Å². The van der Waals surface area contributed by atoms with E-state index >= 15 is 0 Å². The number of carboxylic acid groups (broad SMARTS) is 1. The summed E-state index contributed by atoms with van der Waals surface area (Å²) in [6, 6.07) is 7.89. The minimum Gasteiger partial charge on any atom is -0.478 e. The SMILES string of the molecule is O=C(O)C=Cc1ccc(C(F)(F)F)cc1-c1ccc(F)cc1. The van der Waals surface area contributed by atoms with Crippen LogP contribution in [0, 0.1) is 5.82 Å². The van der Waals surface area contributed by atoms with Crippen molar-refractivity contribution in [2.75, 3.05) is 0 Å². The second kappa shape index (κ2) is 6.01. The highest BCUT2D eigenvalue weighted by atomic mass is 19.4. The van der Waals surface area contributed by atoms with Gasteiger partial charge in [-0.1, -0.05) is 18.2 Å². The van der Waals surface area contributed by atoms with Crippen LogP contribution in [-0.4, -0.2) is 11.1 Å². The summed E-state index contributed by atoms with van der Waals surface area (Å²) in [5.74, 6) is -1.73. The molecule has 0 aliphatic carbocycles. The predicted molar refractivity (Wildman–Crippen MR) is 73.5 cm³/mol. The maximum Gasteiger partial charge on any atom is 0.416 e. The van der Waals surface area contributed by atoms with Crippen molar-refractivity contribution in [3.8, 4) is 11.1 Å². The fraction of sp³-hybridized carbons (Fsp3) is 0.0625. The quantitative estimate of drug-likeness (QED) is 0.664. The van der Waals surface area contributed by atoms with Gasteiger partial charge in [0, 0.05) is 6.08 Å². The van der Waals surface area contributed by atoms with E-state index in [0.717, 1.165) is 30.3 Å². The lowest BCUT2D eigenvalue weighted by atomic mass is 9.96. The lowest BCUT2D eigenvalue weighted by Gasteiger charge is -2.12. The van der Waals surface area contributed by atoms with Gasteiger partial charge in [0.1, 0.15) is 5.82 Å². The van der Waals surface area contributed by atoms with Crippen LogP contribution in [0.25, 0.3) is 17.2 Å². The Hall–Kier alpha value is -2.63. The minimum absolute atomic E-state index is 0.173. The Morgan fingerprint density at radius 2 is 1.68 bits per heavy atom. The highest BCUT2D eigenvalue weighted by Crippen LogP contribution is 2.34. The van der Waals surface area contributed by atoms with E-state index in [-0.39, 0.29) is 5.56 Å². The molecule has 0 radical (unpaired) electrons. The van der Waals surface area contributed by atoms with Gasteiger partial charge in [-0.15, -0.1) is 0 Å². The van der Waals surface area contributed by atoms with Crippen LogP contribution in [0.2, 0.25) is 0 Å². The third-order valence-electron chi connectivity index (χ3n) is 2.94. The standard InChI is InChI=1S/C16H10F4O2/c17-13-6-2-11(3-7-13)14-9-12(16(18,19)20)5-1-10(14)4-8-15(21)22/h1-9H,(H,21,22). The van der Waals surface area contributed by atoms with Crippen molar-refractivity contribution in [3.63, 3.8) is 0 Å². The number of carbonyl (C=O) groups is 1. The van der Waals surface area contributed by atoms with Gasteiger partial charge in [0.2, 0.25) is 0 Å². The second-order valence-corrected chi connectivity index (χ2v) is 4.48. The minimum atomic E-state index is -4.52. The molecule has 2 nitrogen and oxygen atoms in total. The van der Waals surface area contributed by atoms with Crippen LogP contribution in [-0.2, 0) is 11.0 Å². The van der Waals surface area contributed by atoms with Gasteiger partial charge in [-0.2, -0.15) is 13.2 Å². The van der Waals surface area contributed by atoms with Gasteiger partial charge in [-0.3, -0.25) is 0 Å². The molecule has 0 fully saturated rings. The van der Waals surface area contributed by atoms with Crippen molar-refractivity contribution in [1.82, 2.24) is 0 Å². The molecule has 0 atom stereocenters. The maximum absolute atomic E-state index is 13.0. The number of hydrogen-bond acceptors (Lipinski definition) is 1. The molecule has 0 aliphatic heterocycles. The first-order chi connectivity index (χ1) is 10.3. The Morgan fingerprint density at radius 1 is 1.05 bits per heavy atom. The van der Waals surface area contributed by atoms with Crippen molar-refractivity contribution in [2.45, 2.75) is 6.18 Å². The van der Waals surface area contributed by atoms with Gasteiger partial charge in [-0.25, -0.2) is 9.18 Å². The average molecular weight is 310 g/mol. The van der Waals surface area contributed by atoms with Crippen LogP contribution in [0.3, 0.4) is 0 Å². The number of carboxylic acids is 1. The lowest BCUT2D eigenvalue weighted by molar-refractivity contribution is -0.137. The first kappa shape index (κ1) is 15.8. The number of benzene rings is 2. The van der Waals surface area contributed by atoms with E-state index in [1.54, 1.807) is 0 Å². The summed E-state index contributed by atoms with van der Waals surface area (Å²) >= 11 is 0. The third kappa shape index (κ3) is 3.72. The fourth-order valence-corrected chi connectivity index (χ4v) is 1.92. The highest BCUT2D eigenvalue weighted by Gasteiger charge is 2.31. The number of rotatable bonds is 3. The zero-order chi connectivity index (χ0) is 16.3. The Labute approximate surface area is 123 Å². The van der Waals surface area contributed by atoms with Gasteiger partial charge >= 0.3 is 12.1 Å². The van der Waals surface area contributed by atoms with Crippen molar-refractivity contribution >= 4 is 12.0 Å². The van der Waals surface area contributed by atoms with Gasteiger partial charge in [0.05, 0.1) is 5.56 Å². The van der Waals surface area contributed by atoms with E-state index < -0.39 is 23.5 Å². The summed E-state index contributed by atoms with van der Waals surface area (Å²) in [4.78, 5) is 10.6. The normalized spacial score (nSPS) is 11.8. The van der Waals surface area contributed by atoms with E-state index in [2.05, 4.69) is 0 Å². The van der Waals surface area contributed by atoms with Crippen molar-refractivity contribution < 1.29 is 27.5 Å². The Bertz CT molecular complexity index is 716. The van der Waals surface area contributed by atoms with E-state index in [4.69, 9.17) is 5.11 Å². The smallest absolute Gasteiger partial charge is 0.416 e. The van der Waals surface area contributed by atoms with Gasteiger partial charge in [-0.05, 0) is 47.0 Å². The number of halogens is 4. The van der Waals surface area contributed by atoms with Crippen molar-refractivity contribution in [3.05, 3.63) is 65.5 Å². The molecule has 0 aliphatic rings. The van der Waals surface area contributed by atoms with Crippen LogP contribution in [0.1, 0.15) is 11.1 Å². The largest absolute Gasteiger partial charge is 0.478 e. The molecule has 2 rings (SSSR count). The summed E-state index contributed by atoms with van der Waals surface area (Å²) < 4.78 is 51.4. The molecule has 2 aromatic carbocycles. The van der Waals surface area contributed by atoms with Gasteiger partial charge < -0.3 is 5.11 Å². The van der Waals surface area contributed by atoms with E-state index in [1.807, 2.05) is 0 Å². The Morgan fingerprint density at radius 3 is 2.23 bits per heavy atom. The molecule has 0 aromatic heterocycles. The molecular weight excluding hydrogens is 300 g/mol. The van der Waals surface area contributed by atoms with E-state index in [1.165, 1.54) is 24.3 Å². The van der Waals surface area contributed by atoms with Gasteiger partial charge in [0.25, 0.3) is 0 Å². The summed E-state index contributed by atoms with van der Waals surface area (Å²) in [6.45, 7) is 0. The molecule has 0 saturated heterocycles. The molecule has 22 heavy (non-hydrogen) atoms. The molecule has 0 amide bonds. The fourth-order valence-electron chi connectivity index (χ4n) is 1.92. The highest BCUT2D eigenvalue weighted by molar-refractivity contribution is 5.88. The Balaban J connectivity index is 2.59. The van der Waals surface area contributed by atoms with E-state index in [9.17, 15) is 22.4 Å². The molecule has 1 N–H and O–H groups in total. The molecule has 0 heterocycles. The van der Waals surface area contributed by atoms with Crippen LogP contribution in [0.4, 0.5) is 17.6 Å². The maximum atomic E-state index is 13.0. The first-order valence-electron chi connectivity index (χ1n) is 6.15. The number of aliphatic carboxylic acids is 1. The summed E-state index contributed by atoms with van der Waals surface area (Å²) in [5, 5.41) is 8.64. The lowest BCUT2D eigenvalue weighted by Crippen LogP contribution is -2.05. The predicted octanol–water partition coefficient (Wildman–Crippen LogP) is 4.61. The molecule has 0 spiro atoms. The first-order valence-corrected chi connectivity index (χ1v) is 6.15. The van der Waals surface area contributed by atoms with Crippen molar-refractivity contribution in [1.29, 1.82) is 0 Å². The summed E-state index contributed by atoms with van der Waals surface area (Å²) in [5.41, 5.74) is -0.0360. The molecule has 2 aromatic rings. The summed E-state index contributed by atoms with van der Waals surface area (Å²) in [7, 11) is 0. The number of hydrogen-bond donors (Lipinski definition) is 1. The molecule has 6 heteroatoms. The molecule has 0 unspecified atom stereocenters. The van der Waals surface area contributed by atoms with Gasteiger partial charge in [0.15, 0.2) is 0 Å². The average Bonchev–Trinajstić information content (AvgIpc) is 2.45. The van der Waals surface area contributed by atoms with Crippen LogP contribution >= 0.6 is 0 Å². The van der Waals surface area contributed by atoms with Crippen molar-refractivity contribution in [2.24, 2.45) is 0 Å². The van der Waals surface area contributed by atoms with E-state index in [0.29, 0.717) is 11.1 Å². The molecular formula is C16H10F4O2. The zero-order valence-electron chi connectivity index (χ0n) is 11.1. The molecule has 0 bridgehead atoms. The monoisotopic (exact) mass is 310 g/mol. The van der Waals surface area contributed by atoms with Crippen LogP contribution in [0.5, 0.6) is 0 Å². The zero-order valence-corrected chi connectivity index (χ0v) is 11.1. The Kier molecular flexibility index (Phi) is 4.30.